The van der Waals surface area contributed by atoms with Gasteiger partial charge in [-0.25, -0.2) is 4.98 Å². The maximum Gasteiger partial charge on any atom is 0.246 e. The molecule has 1 aromatic carbocycles. The van der Waals surface area contributed by atoms with Crippen LogP contribution >= 0.6 is 0 Å². The van der Waals surface area contributed by atoms with E-state index in [0.717, 1.165) is 10.9 Å². The molecule has 3 aromatic rings. The summed E-state index contributed by atoms with van der Waals surface area (Å²) >= 11 is 0. The summed E-state index contributed by atoms with van der Waals surface area (Å²) in [7, 11) is 0. The van der Waals surface area contributed by atoms with E-state index < -0.39 is 0 Å². The Morgan fingerprint density at radius 3 is 2.95 bits per heavy atom. The van der Waals surface area contributed by atoms with Crippen LogP contribution in [-0.2, 0) is 6.61 Å². The van der Waals surface area contributed by atoms with Crippen molar-refractivity contribution in [2.75, 3.05) is 5.73 Å². The summed E-state index contributed by atoms with van der Waals surface area (Å²) < 4.78 is 11.2. The van der Waals surface area contributed by atoms with Crippen molar-refractivity contribution < 1.29 is 9.15 Å². The first-order valence-electron chi connectivity index (χ1n) is 6.03. The number of nitrogens with zero attached hydrogens (tertiary/aromatic N) is 2. The number of nitrogens with two attached hydrogens (primary N) is 1. The van der Waals surface area contributed by atoms with Crippen LogP contribution in [0.5, 0.6) is 5.75 Å². The van der Waals surface area contributed by atoms with Crippen LogP contribution in [0.25, 0.3) is 11.0 Å². The number of ether oxygens (including phenoxy) is 1. The van der Waals surface area contributed by atoms with Crippen molar-refractivity contribution in [1.82, 2.24) is 4.98 Å². The monoisotopic (exact) mass is 265 g/mol. The molecule has 0 bridgehead atoms. The van der Waals surface area contributed by atoms with Gasteiger partial charge in [-0.1, -0.05) is 12.1 Å². The molecule has 2 heterocycles. The summed E-state index contributed by atoms with van der Waals surface area (Å²) in [5.74, 6) is 1.07. The van der Waals surface area contributed by atoms with E-state index in [4.69, 9.17) is 20.1 Å². The highest BCUT2D eigenvalue weighted by molar-refractivity contribution is 5.86. The van der Waals surface area contributed by atoms with Crippen LogP contribution in [0.3, 0.4) is 0 Å². The van der Waals surface area contributed by atoms with Crippen LogP contribution in [0.1, 0.15) is 11.3 Å². The lowest BCUT2D eigenvalue weighted by molar-refractivity contribution is 0.303. The Morgan fingerprint density at radius 2 is 2.15 bits per heavy atom. The summed E-state index contributed by atoms with van der Waals surface area (Å²) in [6, 6.07) is 12.9. The predicted molar refractivity (Wildman–Crippen MR) is 73.9 cm³/mol. The Morgan fingerprint density at radius 1 is 1.30 bits per heavy atom. The highest BCUT2D eigenvalue weighted by atomic mass is 16.5. The number of nitriles is 1. The lowest BCUT2D eigenvalue weighted by Crippen LogP contribution is -1.98. The van der Waals surface area contributed by atoms with Crippen LogP contribution in [0.15, 0.2) is 47.0 Å². The topological polar surface area (TPSA) is 85.1 Å². The molecule has 5 heteroatoms. The van der Waals surface area contributed by atoms with Gasteiger partial charge in [0.05, 0.1) is 5.39 Å². The fraction of sp³-hybridized carbons (Fsp3) is 0.0667. The van der Waals surface area contributed by atoms with Gasteiger partial charge in [0.25, 0.3) is 0 Å². The Bertz CT molecular complexity index is 802. The number of anilines is 1. The summed E-state index contributed by atoms with van der Waals surface area (Å²) in [4.78, 5) is 3.92. The smallest absolute Gasteiger partial charge is 0.246 e. The lowest BCUT2D eigenvalue weighted by atomic mass is 10.2. The highest BCUT2D eigenvalue weighted by Crippen LogP contribution is 2.32. The lowest BCUT2D eigenvalue weighted by Gasteiger charge is -2.05. The van der Waals surface area contributed by atoms with Crippen molar-refractivity contribution in [3.63, 3.8) is 0 Å². The van der Waals surface area contributed by atoms with Gasteiger partial charge in [-0.2, -0.15) is 5.26 Å². The number of pyridine rings is 1. The molecule has 0 fully saturated rings. The molecule has 0 spiro atoms. The first-order chi connectivity index (χ1) is 9.78. The molecule has 0 aliphatic carbocycles. The molecular weight excluding hydrogens is 254 g/mol. The van der Waals surface area contributed by atoms with E-state index in [-0.39, 0.29) is 5.76 Å². The highest BCUT2D eigenvalue weighted by Gasteiger charge is 2.15. The number of aromatic nitrogens is 1. The third-order valence-electron chi connectivity index (χ3n) is 2.88. The Hall–Kier alpha value is -3.00. The second-order valence-electron chi connectivity index (χ2n) is 4.25. The minimum Gasteiger partial charge on any atom is -0.483 e. The van der Waals surface area contributed by atoms with E-state index in [1.54, 1.807) is 18.3 Å². The number of rotatable bonds is 3. The van der Waals surface area contributed by atoms with Crippen molar-refractivity contribution in [1.29, 1.82) is 5.26 Å². The van der Waals surface area contributed by atoms with E-state index >= 15 is 0 Å². The van der Waals surface area contributed by atoms with Crippen molar-refractivity contribution >= 4 is 16.8 Å². The summed E-state index contributed by atoms with van der Waals surface area (Å²) in [6.07, 6.45) is 1.62. The zero-order chi connectivity index (χ0) is 13.9. The first-order valence-corrected chi connectivity index (χ1v) is 6.03. The van der Waals surface area contributed by atoms with Gasteiger partial charge in [0.2, 0.25) is 5.76 Å². The van der Waals surface area contributed by atoms with Crippen molar-refractivity contribution in [3.05, 3.63) is 53.9 Å². The molecule has 0 saturated heterocycles. The summed E-state index contributed by atoms with van der Waals surface area (Å²) in [5, 5.41) is 9.89. The fourth-order valence-corrected chi connectivity index (χ4v) is 1.98. The number of furan rings is 1. The fourth-order valence-electron chi connectivity index (χ4n) is 1.98. The molecule has 0 atom stereocenters. The van der Waals surface area contributed by atoms with Crippen LogP contribution < -0.4 is 10.5 Å². The van der Waals surface area contributed by atoms with Gasteiger partial charge in [0.15, 0.2) is 5.75 Å². The number of fused-ring (bicyclic) bond motifs is 1. The minimum atomic E-state index is 0.174. The van der Waals surface area contributed by atoms with E-state index in [0.29, 0.717) is 23.8 Å². The molecule has 20 heavy (non-hydrogen) atoms. The number of nitrogen functional groups attached to an aromatic ring is 1. The molecule has 2 N–H and O–H groups in total. The molecule has 5 nitrogen and oxygen atoms in total. The zero-order valence-corrected chi connectivity index (χ0v) is 10.5. The molecule has 0 saturated carbocycles. The van der Waals surface area contributed by atoms with Gasteiger partial charge in [-0.05, 0) is 29.8 Å². The minimum absolute atomic E-state index is 0.174. The average Bonchev–Trinajstić information content (AvgIpc) is 2.83. The van der Waals surface area contributed by atoms with Crippen molar-refractivity contribution in [2.45, 2.75) is 6.61 Å². The van der Waals surface area contributed by atoms with Gasteiger partial charge in [-0.3, -0.25) is 0 Å². The Balaban J connectivity index is 1.93. The molecule has 0 radical (unpaired) electrons. The van der Waals surface area contributed by atoms with Gasteiger partial charge >= 0.3 is 0 Å². The van der Waals surface area contributed by atoms with Gasteiger partial charge < -0.3 is 14.9 Å². The van der Waals surface area contributed by atoms with Crippen molar-refractivity contribution in [2.24, 2.45) is 0 Å². The van der Waals surface area contributed by atoms with Crippen LogP contribution in [0.4, 0.5) is 5.82 Å². The molecule has 3 rings (SSSR count). The molecular formula is C15H11N3O2. The normalized spacial score (nSPS) is 10.3. The second kappa shape index (κ2) is 4.94. The van der Waals surface area contributed by atoms with Crippen LogP contribution in [0, 0.1) is 11.3 Å². The third-order valence-corrected chi connectivity index (χ3v) is 2.88. The second-order valence-corrected chi connectivity index (χ2v) is 4.25. The number of hydrogen-bond acceptors (Lipinski definition) is 5. The first kappa shape index (κ1) is 12.1. The van der Waals surface area contributed by atoms with Gasteiger partial charge in [0, 0.05) is 6.20 Å². The molecule has 2 aromatic heterocycles. The molecule has 0 unspecified atom stereocenters. The van der Waals surface area contributed by atoms with Gasteiger partial charge in [-0.15, -0.1) is 0 Å². The van der Waals surface area contributed by atoms with E-state index in [2.05, 4.69) is 4.98 Å². The third kappa shape index (κ3) is 2.15. The molecule has 0 amide bonds. The predicted octanol–water partition coefficient (Wildman–Crippen LogP) is 2.86. The van der Waals surface area contributed by atoms with Crippen molar-refractivity contribution in [3.8, 4) is 11.8 Å². The quantitative estimate of drug-likeness (QED) is 0.787. The van der Waals surface area contributed by atoms with E-state index in [9.17, 15) is 0 Å². The average molecular weight is 265 g/mol. The summed E-state index contributed by atoms with van der Waals surface area (Å²) in [6.45, 7) is 0.297. The van der Waals surface area contributed by atoms with E-state index in [1.807, 2.05) is 30.3 Å². The van der Waals surface area contributed by atoms with Crippen LogP contribution in [0.2, 0.25) is 0 Å². The number of benzene rings is 1. The van der Waals surface area contributed by atoms with Gasteiger partial charge in [0.1, 0.15) is 24.1 Å². The standard InChI is InChI=1S/C15H11N3O2/c16-8-13-15(11-3-1-2-4-12(11)20-13)19-9-10-5-6-18-14(17)7-10/h1-7H,9H2,(H2,17,18). The SMILES string of the molecule is N#Cc1oc2ccccc2c1OCc1ccnc(N)c1. The number of hydrogen-bond donors (Lipinski definition) is 1. The number of para-hydroxylation sites is 1. The van der Waals surface area contributed by atoms with E-state index in [1.165, 1.54) is 0 Å². The largest absolute Gasteiger partial charge is 0.483 e. The zero-order valence-electron chi connectivity index (χ0n) is 10.5. The Labute approximate surface area is 115 Å². The molecule has 98 valence electrons. The maximum atomic E-state index is 9.11. The van der Waals surface area contributed by atoms with Crippen LogP contribution in [-0.4, -0.2) is 4.98 Å². The Kier molecular flexibility index (Phi) is 2.98. The molecule has 0 aliphatic heterocycles. The maximum absolute atomic E-state index is 9.11. The summed E-state index contributed by atoms with van der Waals surface area (Å²) in [5.41, 5.74) is 7.13. The molecule has 0 aliphatic rings.